The molecule has 1 atom stereocenters. The van der Waals surface area contributed by atoms with E-state index < -0.39 is 0 Å². The molecule has 1 saturated heterocycles. The molecule has 1 aromatic carbocycles. The lowest BCUT2D eigenvalue weighted by Gasteiger charge is -2.29. The van der Waals surface area contributed by atoms with Crippen LogP contribution >= 0.6 is 0 Å². The molecule has 1 fully saturated rings. The number of hydrogen-bond acceptors (Lipinski definition) is 2. The van der Waals surface area contributed by atoms with Crippen LogP contribution in [0.15, 0.2) is 24.3 Å². The van der Waals surface area contributed by atoms with E-state index in [4.69, 9.17) is 4.74 Å². The Bertz CT molecular complexity index is 352. The second-order valence-corrected chi connectivity index (χ2v) is 5.50. The third-order valence-electron chi connectivity index (χ3n) is 4.03. The highest BCUT2D eigenvalue weighted by Crippen LogP contribution is 2.23. The van der Waals surface area contributed by atoms with Crippen molar-refractivity contribution in [2.75, 3.05) is 20.1 Å². The minimum absolute atomic E-state index is 0.399. The van der Waals surface area contributed by atoms with Gasteiger partial charge in [-0.05, 0) is 49.9 Å². The highest BCUT2D eigenvalue weighted by molar-refractivity contribution is 5.29. The quantitative estimate of drug-likeness (QED) is 0.805. The van der Waals surface area contributed by atoms with E-state index >= 15 is 0 Å². The first-order chi connectivity index (χ1) is 8.69. The summed E-state index contributed by atoms with van der Waals surface area (Å²) in [5.74, 6) is 1.67. The van der Waals surface area contributed by atoms with E-state index in [0.717, 1.165) is 31.7 Å². The van der Waals surface area contributed by atoms with Crippen molar-refractivity contribution < 1.29 is 4.74 Å². The van der Waals surface area contributed by atoms with Gasteiger partial charge in [-0.3, -0.25) is 0 Å². The smallest absolute Gasteiger partial charge is 0.119 e. The lowest BCUT2D eigenvalue weighted by molar-refractivity contribution is 0.114. The zero-order chi connectivity index (χ0) is 13.0. The van der Waals surface area contributed by atoms with Gasteiger partial charge in [-0.25, -0.2) is 0 Å². The summed E-state index contributed by atoms with van der Waals surface area (Å²) in [4.78, 5) is 2.37. The zero-order valence-corrected chi connectivity index (χ0v) is 11.9. The molecular weight excluding hydrogens is 222 g/mol. The Kier molecular flexibility index (Phi) is 4.65. The van der Waals surface area contributed by atoms with Gasteiger partial charge >= 0.3 is 0 Å². The molecular formula is C16H25NO. The Labute approximate surface area is 111 Å². The molecule has 0 bridgehead atoms. The third kappa shape index (κ3) is 3.49. The SMILES string of the molecule is CCC(C)c1ccc(OC2CCN(C)CC2)cc1. The summed E-state index contributed by atoms with van der Waals surface area (Å²) in [5.41, 5.74) is 1.41. The Morgan fingerprint density at radius 3 is 2.39 bits per heavy atom. The number of likely N-dealkylation sites (tertiary alicyclic amines) is 1. The van der Waals surface area contributed by atoms with Gasteiger partial charge in [-0.15, -0.1) is 0 Å². The van der Waals surface area contributed by atoms with Gasteiger partial charge in [0.15, 0.2) is 0 Å². The fourth-order valence-electron chi connectivity index (χ4n) is 2.41. The van der Waals surface area contributed by atoms with Gasteiger partial charge in [0.2, 0.25) is 0 Å². The van der Waals surface area contributed by atoms with Crippen LogP contribution in [0.25, 0.3) is 0 Å². The lowest BCUT2D eigenvalue weighted by Crippen LogP contribution is -2.35. The van der Waals surface area contributed by atoms with Crippen LogP contribution in [-0.4, -0.2) is 31.1 Å². The molecule has 1 aliphatic rings. The average molecular weight is 247 g/mol. The molecule has 0 aliphatic carbocycles. The van der Waals surface area contributed by atoms with E-state index in [1.165, 1.54) is 12.0 Å². The fraction of sp³-hybridized carbons (Fsp3) is 0.625. The molecule has 2 nitrogen and oxygen atoms in total. The molecule has 0 aromatic heterocycles. The summed E-state index contributed by atoms with van der Waals surface area (Å²) in [5, 5.41) is 0. The van der Waals surface area contributed by atoms with E-state index in [0.29, 0.717) is 12.0 Å². The molecule has 2 rings (SSSR count). The van der Waals surface area contributed by atoms with Crippen LogP contribution in [0.4, 0.5) is 0 Å². The highest BCUT2D eigenvalue weighted by atomic mass is 16.5. The lowest BCUT2D eigenvalue weighted by atomic mass is 9.99. The molecule has 1 heterocycles. The maximum atomic E-state index is 6.05. The van der Waals surface area contributed by atoms with Crippen LogP contribution in [0.3, 0.4) is 0 Å². The van der Waals surface area contributed by atoms with Crippen LogP contribution < -0.4 is 4.74 Å². The van der Waals surface area contributed by atoms with Crippen molar-refractivity contribution >= 4 is 0 Å². The summed E-state index contributed by atoms with van der Waals surface area (Å²) in [6.07, 6.45) is 3.87. The maximum absolute atomic E-state index is 6.05. The van der Waals surface area contributed by atoms with E-state index in [-0.39, 0.29) is 0 Å². The third-order valence-corrected chi connectivity index (χ3v) is 4.03. The number of ether oxygens (including phenoxy) is 1. The number of nitrogens with zero attached hydrogens (tertiary/aromatic N) is 1. The fourth-order valence-corrected chi connectivity index (χ4v) is 2.41. The van der Waals surface area contributed by atoms with Crippen LogP contribution in [0.2, 0.25) is 0 Å². The number of rotatable bonds is 4. The normalized spacial score (nSPS) is 19.7. The number of hydrogen-bond donors (Lipinski definition) is 0. The first-order valence-corrected chi connectivity index (χ1v) is 7.14. The predicted octanol–water partition coefficient (Wildman–Crippen LogP) is 3.67. The van der Waals surface area contributed by atoms with Crippen molar-refractivity contribution in [3.63, 3.8) is 0 Å². The minimum atomic E-state index is 0.399. The Morgan fingerprint density at radius 2 is 1.83 bits per heavy atom. The standard InChI is InChI=1S/C16H25NO/c1-4-13(2)14-5-7-15(8-6-14)18-16-9-11-17(3)12-10-16/h5-8,13,16H,4,9-12H2,1-3H3. The molecule has 1 unspecified atom stereocenters. The van der Waals surface area contributed by atoms with Gasteiger partial charge in [0.25, 0.3) is 0 Å². The molecule has 0 saturated carbocycles. The second-order valence-electron chi connectivity index (χ2n) is 5.50. The first-order valence-electron chi connectivity index (χ1n) is 7.14. The molecule has 100 valence electrons. The molecule has 18 heavy (non-hydrogen) atoms. The number of benzene rings is 1. The molecule has 0 spiro atoms. The molecule has 2 heteroatoms. The van der Waals surface area contributed by atoms with Gasteiger partial charge in [0, 0.05) is 13.1 Å². The summed E-state index contributed by atoms with van der Waals surface area (Å²) in [7, 11) is 2.18. The second kappa shape index (κ2) is 6.24. The van der Waals surface area contributed by atoms with Gasteiger partial charge in [-0.1, -0.05) is 26.0 Å². The van der Waals surface area contributed by atoms with Crippen LogP contribution in [-0.2, 0) is 0 Å². The van der Waals surface area contributed by atoms with Gasteiger partial charge in [0.1, 0.15) is 11.9 Å². The van der Waals surface area contributed by atoms with Crippen LogP contribution in [0.1, 0.15) is 44.6 Å². The zero-order valence-electron chi connectivity index (χ0n) is 11.9. The Balaban J connectivity index is 1.90. The van der Waals surface area contributed by atoms with E-state index in [1.54, 1.807) is 0 Å². The Hall–Kier alpha value is -1.02. The van der Waals surface area contributed by atoms with Crippen LogP contribution in [0, 0.1) is 0 Å². The van der Waals surface area contributed by atoms with Crippen molar-refractivity contribution in [1.82, 2.24) is 4.90 Å². The summed E-state index contributed by atoms with van der Waals surface area (Å²) < 4.78 is 6.05. The largest absolute Gasteiger partial charge is 0.490 e. The van der Waals surface area contributed by atoms with Gasteiger partial charge < -0.3 is 9.64 Å². The molecule has 0 N–H and O–H groups in total. The van der Waals surface area contributed by atoms with Gasteiger partial charge in [-0.2, -0.15) is 0 Å². The van der Waals surface area contributed by atoms with Gasteiger partial charge in [0.05, 0.1) is 0 Å². The molecule has 0 amide bonds. The average Bonchev–Trinajstić information content (AvgIpc) is 2.41. The maximum Gasteiger partial charge on any atom is 0.119 e. The van der Waals surface area contributed by atoms with Crippen molar-refractivity contribution in [3.05, 3.63) is 29.8 Å². The molecule has 1 aliphatic heterocycles. The van der Waals surface area contributed by atoms with E-state index in [9.17, 15) is 0 Å². The monoisotopic (exact) mass is 247 g/mol. The minimum Gasteiger partial charge on any atom is -0.490 e. The van der Waals surface area contributed by atoms with E-state index in [2.05, 4.69) is 50.1 Å². The Morgan fingerprint density at radius 1 is 1.22 bits per heavy atom. The first kappa shape index (κ1) is 13.4. The van der Waals surface area contributed by atoms with E-state index in [1.807, 2.05) is 0 Å². The predicted molar refractivity (Wildman–Crippen MR) is 76.3 cm³/mol. The van der Waals surface area contributed by atoms with Crippen molar-refractivity contribution in [3.8, 4) is 5.75 Å². The summed E-state index contributed by atoms with van der Waals surface area (Å²) >= 11 is 0. The summed E-state index contributed by atoms with van der Waals surface area (Å²) in [6.45, 7) is 6.80. The van der Waals surface area contributed by atoms with Crippen molar-refractivity contribution in [1.29, 1.82) is 0 Å². The molecule has 0 radical (unpaired) electrons. The van der Waals surface area contributed by atoms with Crippen molar-refractivity contribution in [2.24, 2.45) is 0 Å². The van der Waals surface area contributed by atoms with Crippen molar-refractivity contribution in [2.45, 2.75) is 45.1 Å². The topological polar surface area (TPSA) is 12.5 Å². The highest BCUT2D eigenvalue weighted by Gasteiger charge is 2.17. The number of piperidine rings is 1. The summed E-state index contributed by atoms with van der Waals surface area (Å²) in [6, 6.07) is 8.66. The molecule has 1 aromatic rings. The van der Waals surface area contributed by atoms with Crippen LogP contribution in [0.5, 0.6) is 5.75 Å².